The Bertz CT molecular complexity index is 1130. The van der Waals surface area contributed by atoms with E-state index in [2.05, 4.69) is 5.32 Å². The minimum Gasteiger partial charge on any atom is -0.451 e. The number of ketones is 1. The number of nitrogens with zero attached hydrogens (tertiary/aromatic N) is 1. The van der Waals surface area contributed by atoms with Crippen molar-refractivity contribution in [3.63, 3.8) is 0 Å². The van der Waals surface area contributed by atoms with Crippen molar-refractivity contribution in [2.24, 2.45) is 0 Å². The average molecular weight is 473 g/mol. The number of hydrogen-bond acceptors (Lipinski definition) is 6. The second kappa shape index (κ2) is 10.3. The van der Waals surface area contributed by atoms with Gasteiger partial charge in [0.15, 0.2) is 6.10 Å². The number of nitrogens with one attached hydrogen (secondary N) is 1. The van der Waals surface area contributed by atoms with E-state index < -0.39 is 27.9 Å². The number of benzene rings is 2. The van der Waals surface area contributed by atoms with Gasteiger partial charge in [-0.1, -0.05) is 6.42 Å². The van der Waals surface area contributed by atoms with Gasteiger partial charge in [0.2, 0.25) is 21.7 Å². The lowest BCUT2D eigenvalue weighted by Crippen LogP contribution is -2.41. The van der Waals surface area contributed by atoms with Crippen molar-refractivity contribution in [3.05, 3.63) is 59.7 Å². The molecular weight excluding hydrogens is 444 g/mol. The van der Waals surface area contributed by atoms with Crippen molar-refractivity contribution in [2.45, 2.75) is 57.1 Å². The van der Waals surface area contributed by atoms with Crippen molar-refractivity contribution in [1.29, 1.82) is 0 Å². The molecule has 1 heterocycles. The molecule has 8 nitrogen and oxygen atoms in total. The maximum atomic E-state index is 12.9. The minimum atomic E-state index is -3.64. The Morgan fingerprint density at radius 3 is 2.18 bits per heavy atom. The zero-order valence-corrected chi connectivity index (χ0v) is 19.7. The maximum absolute atomic E-state index is 12.9. The summed E-state index contributed by atoms with van der Waals surface area (Å²) in [5, 5.41) is 2.61. The zero-order valence-electron chi connectivity index (χ0n) is 18.9. The number of sulfonamides is 1. The Hall–Kier alpha value is -3.04. The summed E-state index contributed by atoms with van der Waals surface area (Å²) in [6.45, 7) is 5.24. The van der Waals surface area contributed by atoms with Crippen molar-refractivity contribution in [2.75, 3.05) is 11.9 Å². The van der Waals surface area contributed by atoms with Crippen LogP contribution in [0.1, 0.15) is 60.7 Å². The van der Waals surface area contributed by atoms with E-state index in [-0.39, 0.29) is 22.4 Å². The van der Waals surface area contributed by atoms with E-state index in [1.54, 1.807) is 24.3 Å². The topological polar surface area (TPSA) is 110 Å². The molecule has 33 heavy (non-hydrogen) atoms. The molecule has 1 N–H and O–H groups in total. The number of rotatable bonds is 7. The maximum Gasteiger partial charge on any atom is 0.338 e. The van der Waals surface area contributed by atoms with Crippen LogP contribution in [0, 0.1) is 0 Å². The molecule has 2 atom stereocenters. The number of esters is 1. The number of anilines is 1. The number of piperidine rings is 1. The first-order valence-electron chi connectivity index (χ1n) is 10.8. The largest absolute Gasteiger partial charge is 0.451 e. The highest BCUT2D eigenvalue weighted by Crippen LogP contribution is 2.25. The summed E-state index contributed by atoms with van der Waals surface area (Å²) < 4.78 is 32.6. The number of carbonyl (C=O) groups is 3. The molecular formula is C24H28N2O6S. The van der Waals surface area contributed by atoms with Gasteiger partial charge >= 0.3 is 5.97 Å². The third kappa shape index (κ3) is 5.85. The third-order valence-corrected chi connectivity index (χ3v) is 7.61. The van der Waals surface area contributed by atoms with E-state index in [1.165, 1.54) is 42.4 Å². The second-order valence-electron chi connectivity index (χ2n) is 8.16. The highest BCUT2D eigenvalue weighted by Gasteiger charge is 2.31. The van der Waals surface area contributed by atoms with Crippen molar-refractivity contribution in [3.8, 4) is 0 Å². The lowest BCUT2D eigenvalue weighted by Gasteiger charge is -2.32. The van der Waals surface area contributed by atoms with Gasteiger partial charge in [0.1, 0.15) is 0 Å². The fraction of sp³-hybridized carbons (Fsp3) is 0.375. The molecule has 0 spiro atoms. The van der Waals surface area contributed by atoms with Crippen LogP contribution >= 0.6 is 0 Å². The SMILES string of the molecule is CC(=O)Nc1ccc(C(=O)[C@H](C)OC(=O)c2ccc(S(=O)(=O)N3CCCC[C@@H]3C)cc2)cc1. The Morgan fingerprint density at radius 1 is 1.00 bits per heavy atom. The smallest absolute Gasteiger partial charge is 0.338 e. The first-order chi connectivity index (χ1) is 15.6. The van der Waals surface area contributed by atoms with E-state index in [0.717, 1.165) is 19.3 Å². The van der Waals surface area contributed by atoms with Crippen LogP contribution in [0.5, 0.6) is 0 Å². The van der Waals surface area contributed by atoms with E-state index in [4.69, 9.17) is 4.74 Å². The van der Waals surface area contributed by atoms with Gasteiger partial charge in [0, 0.05) is 30.8 Å². The van der Waals surface area contributed by atoms with Crippen molar-refractivity contribution in [1.82, 2.24) is 4.31 Å². The third-order valence-electron chi connectivity index (χ3n) is 5.58. The predicted octanol–water partition coefficient (Wildman–Crippen LogP) is 3.64. The van der Waals surface area contributed by atoms with Crippen molar-refractivity contribution < 1.29 is 27.5 Å². The van der Waals surface area contributed by atoms with Gasteiger partial charge in [-0.3, -0.25) is 9.59 Å². The molecule has 0 unspecified atom stereocenters. The first-order valence-corrected chi connectivity index (χ1v) is 12.3. The van der Waals surface area contributed by atoms with Crippen LogP contribution in [0.25, 0.3) is 0 Å². The summed E-state index contributed by atoms with van der Waals surface area (Å²) in [5.41, 5.74) is 1.04. The highest BCUT2D eigenvalue weighted by atomic mass is 32.2. The molecule has 1 amide bonds. The van der Waals surface area contributed by atoms with E-state index in [9.17, 15) is 22.8 Å². The highest BCUT2D eigenvalue weighted by molar-refractivity contribution is 7.89. The van der Waals surface area contributed by atoms with Gasteiger partial charge in [0.25, 0.3) is 0 Å². The lowest BCUT2D eigenvalue weighted by molar-refractivity contribution is -0.114. The Labute approximate surface area is 194 Å². The van der Waals surface area contributed by atoms with Gasteiger partial charge in [-0.15, -0.1) is 0 Å². The van der Waals surface area contributed by atoms with Gasteiger partial charge in [-0.05, 0) is 75.2 Å². The predicted molar refractivity (Wildman–Crippen MR) is 124 cm³/mol. The normalized spacial score (nSPS) is 17.7. The zero-order chi connectivity index (χ0) is 24.2. The molecule has 0 bridgehead atoms. The van der Waals surface area contributed by atoms with E-state index in [1.807, 2.05) is 6.92 Å². The van der Waals surface area contributed by atoms with Crippen LogP contribution in [-0.2, 0) is 19.6 Å². The van der Waals surface area contributed by atoms with Crippen molar-refractivity contribution >= 4 is 33.4 Å². The van der Waals surface area contributed by atoms with Crippen LogP contribution in [0.3, 0.4) is 0 Å². The standard InChI is InChI=1S/C24H28N2O6S/c1-16-6-4-5-15-26(16)33(30,31)22-13-9-20(10-14-22)24(29)32-17(2)23(28)19-7-11-21(12-8-19)25-18(3)27/h7-14,16-17H,4-6,15H2,1-3H3,(H,25,27)/t16-,17-/m0/s1. The fourth-order valence-electron chi connectivity index (χ4n) is 3.77. The second-order valence-corrected chi connectivity index (χ2v) is 10.0. The van der Waals surface area contributed by atoms with Crippen LogP contribution in [-0.4, -0.2) is 49.1 Å². The Kier molecular flexibility index (Phi) is 7.65. The quantitative estimate of drug-likeness (QED) is 0.487. The number of hydrogen-bond donors (Lipinski definition) is 1. The number of Topliss-reactive ketones (excluding diaryl/α,β-unsaturated/α-hetero) is 1. The molecule has 0 saturated carbocycles. The summed E-state index contributed by atoms with van der Waals surface area (Å²) >= 11 is 0. The van der Waals surface area contributed by atoms with Gasteiger partial charge in [0.05, 0.1) is 10.5 Å². The molecule has 1 saturated heterocycles. The Balaban J connectivity index is 1.65. The number of amides is 1. The molecule has 0 radical (unpaired) electrons. The summed E-state index contributed by atoms with van der Waals surface area (Å²) in [6.07, 6.45) is 1.62. The summed E-state index contributed by atoms with van der Waals surface area (Å²) in [4.78, 5) is 36.3. The molecule has 1 fully saturated rings. The minimum absolute atomic E-state index is 0.0624. The van der Waals surface area contributed by atoms with Gasteiger partial charge in [-0.25, -0.2) is 13.2 Å². The number of ether oxygens (including phenoxy) is 1. The molecule has 2 aromatic carbocycles. The van der Waals surface area contributed by atoms with Crippen LogP contribution in [0.15, 0.2) is 53.4 Å². The lowest BCUT2D eigenvalue weighted by atomic mass is 10.1. The van der Waals surface area contributed by atoms with Crippen LogP contribution in [0.2, 0.25) is 0 Å². The molecule has 0 aliphatic carbocycles. The molecule has 9 heteroatoms. The summed E-state index contributed by atoms with van der Waals surface area (Å²) in [7, 11) is -3.64. The first kappa shape index (κ1) is 24.6. The molecule has 1 aliphatic heterocycles. The van der Waals surface area contributed by atoms with E-state index >= 15 is 0 Å². The van der Waals surface area contributed by atoms with Crippen LogP contribution in [0.4, 0.5) is 5.69 Å². The molecule has 2 aromatic rings. The molecule has 1 aliphatic rings. The number of carbonyl (C=O) groups excluding carboxylic acids is 3. The Morgan fingerprint density at radius 2 is 1.61 bits per heavy atom. The summed E-state index contributed by atoms with van der Waals surface area (Å²) in [6, 6.07) is 11.8. The summed E-state index contributed by atoms with van der Waals surface area (Å²) in [5.74, 6) is -1.34. The van der Waals surface area contributed by atoms with Gasteiger partial charge in [-0.2, -0.15) is 4.31 Å². The van der Waals surface area contributed by atoms with Crippen LogP contribution < -0.4 is 5.32 Å². The fourth-order valence-corrected chi connectivity index (χ4v) is 5.46. The molecule has 0 aromatic heterocycles. The van der Waals surface area contributed by atoms with E-state index in [0.29, 0.717) is 17.8 Å². The average Bonchev–Trinajstić information content (AvgIpc) is 2.79. The van der Waals surface area contributed by atoms with Gasteiger partial charge < -0.3 is 10.1 Å². The molecule has 3 rings (SSSR count). The monoisotopic (exact) mass is 472 g/mol. The molecule has 176 valence electrons.